The van der Waals surface area contributed by atoms with Gasteiger partial charge in [0.05, 0.1) is 0 Å². The summed E-state index contributed by atoms with van der Waals surface area (Å²) in [5, 5.41) is 0. The molecule has 0 aliphatic carbocycles. The number of rotatable bonds is 4. The van der Waals surface area contributed by atoms with Crippen LogP contribution in [0.25, 0.3) is 0 Å². The summed E-state index contributed by atoms with van der Waals surface area (Å²) in [5.74, 6) is 0. The van der Waals surface area contributed by atoms with Crippen LogP contribution in [0.2, 0.25) is 0 Å². The Morgan fingerprint density at radius 1 is 1.25 bits per heavy atom. The Kier molecular flexibility index (Phi) is 4.92. The van der Waals surface area contributed by atoms with Crippen LogP contribution < -0.4 is 0 Å². The smallest absolute Gasteiger partial charge is 0.200 e. The van der Waals surface area contributed by atoms with Crippen LogP contribution in [0.3, 0.4) is 0 Å². The van der Waals surface area contributed by atoms with Crippen LogP contribution in [-0.4, -0.2) is 0 Å². The fraction of sp³-hybridized carbons (Fsp3) is 0.833. The van der Waals surface area contributed by atoms with Gasteiger partial charge in [0, 0.05) is 6.42 Å². The second kappa shape index (κ2) is 5.01. The van der Waals surface area contributed by atoms with Crippen molar-refractivity contribution in [2.45, 2.75) is 32.6 Å². The van der Waals surface area contributed by atoms with Gasteiger partial charge >= 0.3 is 6.43 Å². The summed E-state index contributed by atoms with van der Waals surface area (Å²) in [7, 11) is 0. The second-order valence-electron chi connectivity index (χ2n) is 1.80. The summed E-state index contributed by atoms with van der Waals surface area (Å²) in [6.45, 7) is 2.00. The van der Waals surface area contributed by atoms with Crippen molar-refractivity contribution in [1.29, 1.82) is 0 Å². The van der Waals surface area contributed by atoms with Gasteiger partial charge in [0.15, 0.2) is 0 Å². The molecule has 0 atom stereocenters. The molecule has 49 valence electrons. The predicted octanol–water partition coefficient (Wildman–Crippen LogP) is 3.00. The van der Waals surface area contributed by atoms with Gasteiger partial charge in [-0.05, 0) is 6.42 Å². The standard InChI is InChI=1S/C6H11F2/c1-2-3-4-5-6(7)8/h2-5H2,1H3. The van der Waals surface area contributed by atoms with Crippen LogP contribution in [0.4, 0.5) is 8.78 Å². The van der Waals surface area contributed by atoms with Crippen molar-refractivity contribution in [2.24, 2.45) is 0 Å². The van der Waals surface area contributed by atoms with Crippen molar-refractivity contribution >= 4 is 0 Å². The highest BCUT2D eigenvalue weighted by atomic mass is 19.3. The normalized spacial score (nSPS) is 10.5. The lowest BCUT2D eigenvalue weighted by Crippen LogP contribution is -1.79. The van der Waals surface area contributed by atoms with Gasteiger partial charge in [-0.2, -0.15) is 8.78 Å². The van der Waals surface area contributed by atoms with E-state index in [0.29, 0.717) is 6.42 Å². The summed E-state index contributed by atoms with van der Waals surface area (Å²) in [4.78, 5) is 0. The lowest BCUT2D eigenvalue weighted by Gasteiger charge is -1.92. The molecule has 0 aliphatic heterocycles. The largest absolute Gasteiger partial charge is 0.310 e. The van der Waals surface area contributed by atoms with Gasteiger partial charge in [-0.3, -0.25) is 0 Å². The van der Waals surface area contributed by atoms with Crippen molar-refractivity contribution in [3.05, 3.63) is 6.43 Å². The van der Waals surface area contributed by atoms with Crippen molar-refractivity contribution in [1.82, 2.24) is 0 Å². The minimum Gasteiger partial charge on any atom is -0.200 e. The van der Waals surface area contributed by atoms with E-state index in [4.69, 9.17) is 0 Å². The molecule has 0 aromatic rings. The monoisotopic (exact) mass is 121 g/mol. The number of hydrogen-bond acceptors (Lipinski definition) is 0. The Balaban J connectivity index is 2.72. The SMILES string of the molecule is CCCCC[C](F)F. The third-order valence-electron chi connectivity index (χ3n) is 0.969. The summed E-state index contributed by atoms with van der Waals surface area (Å²) in [6, 6.07) is 0. The summed E-state index contributed by atoms with van der Waals surface area (Å²) in [5.41, 5.74) is 0. The molecular weight excluding hydrogens is 110 g/mol. The number of hydrogen-bond donors (Lipinski definition) is 0. The zero-order valence-corrected chi connectivity index (χ0v) is 5.08. The van der Waals surface area contributed by atoms with E-state index in [2.05, 4.69) is 0 Å². The Bertz CT molecular complexity index is 43.8. The van der Waals surface area contributed by atoms with Crippen LogP contribution in [-0.2, 0) is 0 Å². The fourth-order valence-corrected chi connectivity index (χ4v) is 0.509. The average molecular weight is 121 g/mol. The van der Waals surface area contributed by atoms with Gasteiger partial charge < -0.3 is 0 Å². The van der Waals surface area contributed by atoms with Crippen molar-refractivity contribution in [3.63, 3.8) is 0 Å². The highest BCUT2D eigenvalue weighted by Gasteiger charge is 2.01. The Morgan fingerprint density at radius 2 is 1.88 bits per heavy atom. The first-order valence-electron chi connectivity index (χ1n) is 2.94. The van der Waals surface area contributed by atoms with Crippen molar-refractivity contribution in [3.8, 4) is 0 Å². The Labute approximate surface area is 48.9 Å². The molecule has 0 aromatic heterocycles. The van der Waals surface area contributed by atoms with Crippen LogP contribution in [0.5, 0.6) is 0 Å². The highest BCUT2D eigenvalue weighted by Crippen LogP contribution is 2.13. The molecule has 0 aromatic carbocycles. The van der Waals surface area contributed by atoms with Gasteiger partial charge in [0.2, 0.25) is 0 Å². The molecule has 0 aliphatic rings. The topological polar surface area (TPSA) is 0 Å². The maximum atomic E-state index is 11.3. The molecule has 2 heteroatoms. The van der Waals surface area contributed by atoms with E-state index < -0.39 is 6.43 Å². The maximum Gasteiger partial charge on any atom is 0.310 e. The van der Waals surface area contributed by atoms with E-state index in [1.165, 1.54) is 0 Å². The minimum atomic E-state index is -1.43. The van der Waals surface area contributed by atoms with Gasteiger partial charge in [-0.1, -0.05) is 19.8 Å². The third kappa shape index (κ3) is 5.86. The van der Waals surface area contributed by atoms with Gasteiger partial charge in [0.1, 0.15) is 0 Å². The number of unbranched alkanes of at least 4 members (excludes halogenated alkanes) is 2. The Morgan fingerprint density at radius 3 is 2.25 bits per heavy atom. The molecule has 1 radical (unpaired) electrons. The van der Waals surface area contributed by atoms with Gasteiger partial charge in [-0.25, -0.2) is 0 Å². The first-order chi connectivity index (χ1) is 3.77. The van der Waals surface area contributed by atoms with Crippen molar-refractivity contribution in [2.75, 3.05) is 0 Å². The molecule has 0 bridgehead atoms. The molecule has 0 rings (SSSR count). The first-order valence-corrected chi connectivity index (χ1v) is 2.94. The van der Waals surface area contributed by atoms with E-state index in [1.54, 1.807) is 0 Å². The van der Waals surface area contributed by atoms with E-state index >= 15 is 0 Å². The van der Waals surface area contributed by atoms with E-state index in [0.717, 1.165) is 12.8 Å². The van der Waals surface area contributed by atoms with Crippen molar-refractivity contribution < 1.29 is 8.78 Å². The quantitative estimate of drug-likeness (QED) is 0.501. The molecule has 8 heavy (non-hydrogen) atoms. The predicted molar refractivity (Wildman–Crippen MR) is 29.6 cm³/mol. The minimum absolute atomic E-state index is 0.00611. The average Bonchev–Trinajstić information content (AvgIpc) is 1.66. The zero-order valence-electron chi connectivity index (χ0n) is 5.08. The third-order valence-corrected chi connectivity index (χ3v) is 0.969. The highest BCUT2D eigenvalue weighted by molar-refractivity contribution is 4.57. The van der Waals surface area contributed by atoms with E-state index in [1.807, 2.05) is 6.92 Å². The summed E-state index contributed by atoms with van der Waals surface area (Å²) in [6.07, 6.45) is 1.12. The van der Waals surface area contributed by atoms with Crippen LogP contribution in [0.1, 0.15) is 32.6 Å². The molecule has 0 spiro atoms. The molecule has 0 amide bonds. The lowest BCUT2D eigenvalue weighted by molar-refractivity contribution is 0.264. The maximum absolute atomic E-state index is 11.3. The summed E-state index contributed by atoms with van der Waals surface area (Å²) < 4.78 is 22.5. The Hall–Kier alpha value is -0.140. The first kappa shape index (κ1) is 7.86. The zero-order chi connectivity index (χ0) is 6.41. The van der Waals surface area contributed by atoms with Crippen LogP contribution >= 0.6 is 0 Å². The number of halogens is 2. The van der Waals surface area contributed by atoms with Gasteiger partial charge in [-0.15, -0.1) is 0 Å². The molecule has 0 N–H and O–H groups in total. The van der Waals surface area contributed by atoms with E-state index in [9.17, 15) is 8.78 Å². The lowest BCUT2D eigenvalue weighted by atomic mass is 10.2. The molecule has 0 saturated carbocycles. The molecule has 0 heterocycles. The van der Waals surface area contributed by atoms with Gasteiger partial charge in [0.25, 0.3) is 0 Å². The van der Waals surface area contributed by atoms with Crippen LogP contribution in [0.15, 0.2) is 0 Å². The fourth-order valence-electron chi connectivity index (χ4n) is 0.509. The molecular formula is C6H11F2. The van der Waals surface area contributed by atoms with E-state index in [-0.39, 0.29) is 6.42 Å². The molecule has 0 saturated heterocycles. The molecule has 0 fully saturated rings. The second-order valence-corrected chi connectivity index (χ2v) is 1.80. The summed E-state index contributed by atoms with van der Waals surface area (Å²) >= 11 is 0. The molecule has 0 nitrogen and oxygen atoms in total. The molecule has 0 unspecified atom stereocenters. The van der Waals surface area contributed by atoms with Crippen LogP contribution in [0, 0.1) is 6.43 Å².